The van der Waals surface area contributed by atoms with E-state index < -0.39 is 24.2 Å². The third-order valence-electron chi connectivity index (χ3n) is 8.03. The first-order valence-electron chi connectivity index (χ1n) is 22.6. The SMILES string of the molecule is COCCOCCOCCOCCOCCOCCOCCOCCOC(=O)NCCCCC(NC(=O)OCCOCCOCCOCCOCCOCCOCCOCCOC)C(=O)O. The highest BCUT2D eigenvalue weighted by Gasteiger charge is 2.20. The van der Waals surface area contributed by atoms with Crippen molar-refractivity contribution in [3.8, 4) is 0 Å². The number of unbranched alkanes of at least 4 members (excludes halogenated alkanes) is 1. The van der Waals surface area contributed by atoms with E-state index in [1.165, 1.54) is 0 Å². The second-order valence-corrected chi connectivity index (χ2v) is 13.3. The highest BCUT2D eigenvalue weighted by atomic mass is 16.6. The predicted octanol–water partition coefficient (Wildman–Crippen LogP) is 0.588. The zero-order chi connectivity index (χ0) is 47.9. The van der Waals surface area contributed by atoms with Gasteiger partial charge in [-0.3, -0.25) is 0 Å². The Balaban J connectivity index is 3.46. The van der Waals surface area contributed by atoms with Crippen LogP contribution < -0.4 is 10.6 Å². The number of ether oxygens (including phenoxy) is 18. The van der Waals surface area contributed by atoms with Crippen LogP contribution in [0.4, 0.5) is 9.59 Å². The zero-order valence-corrected chi connectivity index (χ0v) is 39.6. The molecule has 24 heteroatoms. The lowest BCUT2D eigenvalue weighted by molar-refractivity contribution is -0.139. The summed E-state index contributed by atoms with van der Waals surface area (Å²) in [7, 11) is 3.26. The Bertz CT molecular complexity index is 1030. The van der Waals surface area contributed by atoms with Crippen LogP contribution in [0.25, 0.3) is 0 Å². The average molecular weight is 967 g/mol. The summed E-state index contributed by atoms with van der Waals surface area (Å²) in [4.78, 5) is 35.6. The summed E-state index contributed by atoms with van der Waals surface area (Å²) in [5.41, 5.74) is 0. The maximum Gasteiger partial charge on any atom is 0.407 e. The Morgan fingerprint density at radius 3 is 0.848 bits per heavy atom. The summed E-state index contributed by atoms with van der Waals surface area (Å²) in [5.74, 6) is -1.20. The maximum atomic E-state index is 12.1. The van der Waals surface area contributed by atoms with Gasteiger partial charge in [-0.2, -0.15) is 0 Å². The molecule has 0 rings (SSSR count). The van der Waals surface area contributed by atoms with Gasteiger partial charge in [-0.25, -0.2) is 14.4 Å². The summed E-state index contributed by atoms with van der Waals surface area (Å²) < 4.78 is 95.5. The standard InChI is InChI=1S/C42H82N2O22/c1-49-7-9-51-11-13-53-15-17-55-19-21-57-23-25-59-27-29-61-31-33-63-35-37-65-41(47)43-6-4-3-5-39(40(45)46)44-42(48)66-38-36-64-34-32-62-30-28-60-26-24-58-22-20-56-18-16-54-14-12-52-10-8-50-2/h39H,3-38H2,1-2H3,(H,43,47)(H,44,48)(H,45,46). The van der Waals surface area contributed by atoms with Crippen LogP contribution in [0.15, 0.2) is 0 Å². The fourth-order valence-corrected chi connectivity index (χ4v) is 4.67. The Morgan fingerprint density at radius 2 is 0.591 bits per heavy atom. The summed E-state index contributed by atoms with van der Waals surface area (Å²) in [6.45, 7) is 13.4. The number of amides is 2. The number of carbonyl (C=O) groups is 3. The predicted molar refractivity (Wildman–Crippen MR) is 234 cm³/mol. The first-order valence-corrected chi connectivity index (χ1v) is 22.6. The third-order valence-corrected chi connectivity index (χ3v) is 8.03. The fraction of sp³-hybridized carbons (Fsp3) is 0.929. The number of aliphatic carboxylic acids is 1. The summed E-state index contributed by atoms with van der Waals surface area (Å²) in [6, 6.07) is -1.15. The van der Waals surface area contributed by atoms with Crippen molar-refractivity contribution in [2.24, 2.45) is 0 Å². The van der Waals surface area contributed by atoms with E-state index in [-0.39, 0.29) is 46.0 Å². The van der Waals surface area contributed by atoms with E-state index in [0.717, 1.165) is 0 Å². The van der Waals surface area contributed by atoms with Gasteiger partial charge in [0, 0.05) is 20.8 Å². The molecule has 3 N–H and O–H groups in total. The number of rotatable bonds is 55. The van der Waals surface area contributed by atoms with Crippen LogP contribution in [-0.2, 0) is 90.1 Å². The lowest BCUT2D eigenvalue weighted by Crippen LogP contribution is -2.41. The van der Waals surface area contributed by atoms with E-state index in [2.05, 4.69) is 10.6 Å². The van der Waals surface area contributed by atoms with Crippen molar-refractivity contribution in [1.29, 1.82) is 0 Å². The summed E-state index contributed by atoms with van der Waals surface area (Å²) in [6.07, 6.45) is -0.454. The van der Waals surface area contributed by atoms with Gasteiger partial charge >= 0.3 is 18.2 Å². The van der Waals surface area contributed by atoms with E-state index >= 15 is 0 Å². The summed E-state index contributed by atoms with van der Waals surface area (Å²) in [5, 5.41) is 14.4. The lowest BCUT2D eigenvalue weighted by Gasteiger charge is -2.15. The van der Waals surface area contributed by atoms with Gasteiger partial charge in [0.2, 0.25) is 0 Å². The van der Waals surface area contributed by atoms with E-state index in [9.17, 15) is 19.5 Å². The Kier molecular flexibility index (Phi) is 52.8. The molecular formula is C42H82N2O22. The van der Waals surface area contributed by atoms with Gasteiger partial charge in [0.05, 0.1) is 198 Å². The van der Waals surface area contributed by atoms with E-state index in [1.54, 1.807) is 14.2 Å². The second kappa shape index (κ2) is 55.0. The van der Waals surface area contributed by atoms with Crippen LogP contribution in [0.3, 0.4) is 0 Å². The number of hydrogen-bond donors (Lipinski definition) is 3. The van der Waals surface area contributed by atoms with Crippen LogP contribution >= 0.6 is 0 Å². The molecular weight excluding hydrogens is 884 g/mol. The average Bonchev–Trinajstić information content (AvgIpc) is 3.31. The number of nitrogens with one attached hydrogen (secondary N) is 2. The molecule has 66 heavy (non-hydrogen) atoms. The molecule has 0 aliphatic carbocycles. The molecule has 0 heterocycles. The van der Waals surface area contributed by atoms with Crippen molar-refractivity contribution in [1.82, 2.24) is 10.6 Å². The first-order chi connectivity index (χ1) is 32.5. The topological polar surface area (TPSA) is 262 Å². The molecule has 0 aromatic rings. The van der Waals surface area contributed by atoms with Crippen molar-refractivity contribution in [3.05, 3.63) is 0 Å². The largest absolute Gasteiger partial charge is 0.480 e. The third kappa shape index (κ3) is 52.3. The van der Waals surface area contributed by atoms with Gasteiger partial charge in [-0.15, -0.1) is 0 Å². The molecule has 0 aromatic carbocycles. The molecule has 0 aromatic heterocycles. The molecule has 0 aliphatic rings. The quantitative estimate of drug-likeness (QED) is 0.0705. The van der Waals surface area contributed by atoms with Crippen molar-refractivity contribution >= 4 is 18.2 Å². The minimum absolute atomic E-state index is 0.0575. The number of carbonyl (C=O) groups excluding carboxylic acids is 2. The number of carboxylic acids is 1. The molecule has 1 unspecified atom stereocenters. The highest BCUT2D eigenvalue weighted by Crippen LogP contribution is 2.02. The molecule has 2 amide bonds. The van der Waals surface area contributed by atoms with Crippen LogP contribution in [0, 0.1) is 0 Å². The van der Waals surface area contributed by atoms with Gasteiger partial charge in [0.1, 0.15) is 19.3 Å². The molecule has 392 valence electrons. The fourth-order valence-electron chi connectivity index (χ4n) is 4.67. The second-order valence-electron chi connectivity index (χ2n) is 13.3. The monoisotopic (exact) mass is 967 g/mol. The van der Waals surface area contributed by atoms with Gasteiger partial charge in [-0.1, -0.05) is 0 Å². The molecule has 0 spiro atoms. The van der Waals surface area contributed by atoms with Crippen LogP contribution in [0.1, 0.15) is 19.3 Å². The van der Waals surface area contributed by atoms with E-state index in [0.29, 0.717) is 191 Å². The van der Waals surface area contributed by atoms with Crippen LogP contribution in [0.2, 0.25) is 0 Å². The van der Waals surface area contributed by atoms with E-state index in [1.807, 2.05) is 0 Å². The molecule has 0 fully saturated rings. The first kappa shape index (κ1) is 63.4. The maximum absolute atomic E-state index is 12.1. The number of carboxylic acid groups (broad SMARTS) is 1. The molecule has 0 saturated carbocycles. The lowest BCUT2D eigenvalue weighted by atomic mass is 10.1. The molecule has 24 nitrogen and oxygen atoms in total. The molecule has 1 atom stereocenters. The van der Waals surface area contributed by atoms with E-state index in [4.69, 9.17) is 85.3 Å². The Hall–Kier alpha value is -2.63. The Morgan fingerprint density at radius 1 is 0.348 bits per heavy atom. The Labute approximate surface area is 390 Å². The molecule has 0 saturated heterocycles. The van der Waals surface area contributed by atoms with Crippen molar-refractivity contribution in [3.63, 3.8) is 0 Å². The summed E-state index contributed by atoms with van der Waals surface area (Å²) >= 11 is 0. The molecule has 0 bridgehead atoms. The smallest absolute Gasteiger partial charge is 0.407 e. The van der Waals surface area contributed by atoms with Gasteiger partial charge < -0.3 is 101 Å². The van der Waals surface area contributed by atoms with Gasteiger partial charge in [-0.05, 0) is 19.3 Å². The highest BCUT2D eigenvalue weighted by molar-refractivity contribution is 5.79. The minimum Gasteiger partial charge on any atom is -0.480 e. The van der Waals surface area contributed by atoms with Gasteiger partial charge in [0.15, 0.2) is 0 Å². The molecule has 0 aliphatic heterocycles. The van der Waals surface area contributed by atoms with Crippen LogP contribution in [-0.4, -0.2) is 261 Å². The van der Waals surface area contributed by atoms with Gasteiger partial charge in [0.25, 0.3) is 0 Å². The van der Waals surface area contributed by atoms with Crippen molar-refractivity contribution < 1.29 is 105 Å². The number of methoxy groups -OCH3 is 2. The number of hydrogen-bond acceptors (Lipinski definition) is 21. The minimum atomic E-state index is -1.20. The zero-order valence-electron chi connectivity index (χ0n) is 39.6. The van der Waals surface area contributed by atoms with Crippen molar-refractivity contribution in [2.45, 2.75) is 25.3 Å². The molecule has 0 radical (unpaired) electrons. The van der Waals surface area contributed by atoms with Crippen LogP contribution in [0.5, 0.6) is 0 Å². The van der Waals surface area contributed by atoms with Crippen molar-refractivity contribution in [2.75, 3.05) is 232 Å². The number of alkyl carbamates (subject to hydrolysis) is 2. The normalized spacial score (nSPS) is 11.8.